The predicted molar refractivity (Wildman–Crippen MR) is 46.1 cm³/mol. The summed E-state index contributed by atoms with van der Waals surface area (Å²) in [4.78, 5) is 16.1. The molecule has 74 valence electrons. The Morgan fingerprint density at radius 2 is 2.38 bits per heavy atom. The van der Waals surface area contributed by atoms with Gasteiger partial charge in [-0.3, -0.25) is 0 Å². The first-order chi connectivity index (χ1) is 5.93. The summed E-state index contributed by atoms with van der Waals surface area (Å²) in [6.45, 7) is 5.18. The van der Waals surface area contributed by atoms with Crippen molar-refractivity contribution in [3.8, 4) is 0 Å². The summed E-state index contributed by atoms with van der Waals surface area (Å²) in [5.41, 5.74) is 7.50. The van der Waals surface area contributed by atoms with E-state index >= 15 is 0 Å². The van der Waals surface area contributed by atoms with Crippen LogP contribution in [0.25, 0.3) is 0 Å². The Bertz CT molecular complexity index is 246. The van der Waals surface area contributed by atoms with Crippen LogP contribution in [-0.4, -0.2) is 17.7 Å². The van der Waals surface area contributed by atoms with Gasteiger partial charge in [-0.25, -0.2) is 4.79 Å². The molecule has 1 heterocycles. The quantitative estimate of drug-likeness (QED) is 0.595. The van der Waals surface area contributed by atoms with Crippen LogP contribution in [0.15, 0.2) is 11.8 Å². The zero-order valence-corrected chi connectivity index (χ0v) is 7.96. The van der Waals surface area contributed by atoms with Crippen molar-refractivity contribution in [3.05, 3.63) is 11.8 Å². The Kier molecular flexibility index (Phi) is 2.58. The molecule has 0 fully saturated rings. The van der Waals surface area contributed by atoms with Crippen LogP contribution in [0.1, 0.15) is 20.8 Å². The summed E-state index contributed by atoms with van der Waals surface area (Å²) in [5, 5.41) is 0. The fourth-order valence-corrected chi connectivity index (χ4v) is 0.926. The van der Waals surface area contributed by atoms with Gasteiger partial charge in [0.25, 0.3) is 0 Å². The van der Waals surface area contributed by atoms with Gasteiger partial charge in [-0.15, -0.1) is 5.48 Å². The van der Waals surface area contributed by atoms with Gasteiger partial charge in [0.1, 0.15) is 17.5 Å². The Balaban J connectivity index is 2.67. The zero-order chi connectivity index (χ0) is 10.1. The van der Waals surface area contributed by atoms with Gasteiger partial charge in [0.15, 0.2) is 0 Å². The molecule has 1 aliphatic rings. The van der Waals surface area contributed by atoms with Crippen molar-refractivity contribution in [3.63, 3.8) is 0 Å². The maximum Gasteiger partial charge on any atom is 0.340 e. The molecule has 0 saturated carbocycles. The van der Waals surface area contributed by atoms with Gasteiger partial charge in [-0.1, -0.05) is 0 Å². The second kappa shape index (κ2) is 3.35. The summed E-state index contributed by atoms with van der Waals surface area (Å²) in [6.07, 6.45) is 1.11. The highest BCUT2D eigenvalue weighted by Gasteiger charge is 2.36. The fraction of sp³-hybridized carbons (Fsp3) is 0.625. The van der Waals surface area contributed by atoms with Crippen molar-refractivity contribution in [2.24, 2.45) is 5.73 Å². The molecule has 1 atom stereocenters. The Hall–Kier alpha value is -1.07. The maximum absolute atomic E-state index is 11.4. The smallest absolute Gasteiger partial charge is 0.340 e. The Morgan fingerprint density at radius 1 is 1.77 bits per heavy atom. The minimum absolute atomic E-state index is 0.162. The molecule has 13 heavy (non-hydrogen) atoms. The number of hydrogen-bond donors (Lipinski definition) is 2. The monoisotopic (exact) mass is 186 g/mol. The maximum atomic E-state index is 11.4. The lowest BCUT2D eigenvalue weighted by molar-refractivity contribution is -0.143. The third kappa shape index (κ3) is 2.19. The van der Waals surface area contributed by atoms with Gasteiger partial charge in [0.2, 0.25) is 0 Å². The second-order valence-corrected chi connectivity index (χ2v) is 3.41. The summed E-state index contributed by atoms with van der Waals surface area (Å²) >= 11 is 0. The van der Waals surface area contributed by atoms with E-state index in [4.69, 9.17) is 15.3 Å². The lowest BCUT2D eigenvalue weighted by Gasteiger charge is -2.19. The van der Waals surface area contributed by atoms with Crippen molar-refractivity contribution < 1.29 is 14.4 Å². The number of carbonyl (C=O) groups is 1. The number of hydroxylamine groups is 1. The summed E-state index contributed by atoms with van der Waals surface area (Å²) in [5.74, 6) is -0.454. The first-order valence-electron chi connectivity index (χ1n) is 4.07. The van der Waals surface area contributed by atoms with E-state index in [2.05, 4.69) is 5.48 Å². The van der Waals surface area contributed by atoms with E-state index < -0.39 is 11.6 Å². The molecule has 0 spiro atoms. The van der Waals surface area contributed by atoms with Crippen LogP contribution in [0.5, 0.6) is 0 Å². The molecule has 0 aromatic carbocycles. The Morgan fingerprint density at radius 3 is 2.77 bits per heavy atom. The third-order valence-electron chi connectivity index (χ3n) is 1.57. The molecule has 0 bridgehead atoms. The van der Waals surface area contributed by atoms with Crippen LogP contribution < -0.4 is 11.2 Å². The van der Waals surface area contributed by atoms with Gasteiger partial charge >= 0.3 is 5.97 Å². The lowest BCUT2D eigenvalue weighted by Crippen LogP contribution is -2.50. The molecule has 0 aliphatic carbocycles. The van der Waals surface area contributed by atoms with Crippen LogP contribution in [0.4, 0.5) is 0 Å². The third-order valence-corrected chi connectivity index (χ3v) is 1.57. The summed E-state index contributed by atoms with van der Waals surface area (Å²) in [7, 11) is 0. The predicted octanol–water partition coefficient (Wildman–Crippen LogP) is 0.0316. The summed E-state index contributed by atoms with van der Waals surface area (Å²) < 4.78 is 4.96. The number of nitrogens with one attached hydrogen (secondary N) is 1. The van der Waals surface area contributed by atoms with Gasteiger partial charge < -0.3 is 15.3 Å². The van der Waals surface area contributed by atoms with E-state index in [0.717, 1.165) is 0 Å². The molecular formula is C8H14N2O3. The topological polar surface area (TPSA) is 73.6 Å². The SMILES string of the molecule is CC(C)OC(=O)C1=CON[C@]1(C)N. The highest BCUT2D eigenvalue weighted by atomic mass is 16.7. The normalized spacial score (nSPS) is 27.0. The van der Waals surface area contributed by atoms with Gasteiger partial charge in [0.05, 0.1) is 6.10 Å². The molecule has 1 aliphatic heterocycles. The average molecular weight is 186 g/mol. The summed E-state index contributed by atoms with van der Waals surface area (Å²) in [6, 6.07) is 0. The molecule has 0 saturated heterocycles. The van der Waals surface area contributed by atoms with E-state index in [1.54, 1.807) is 20.8 Å². The largest absolute Gasteiger partial charge is 0.459 e. The highest BCUT2D eigenvalue weighted by molar-refractivity contribution is 5.90. The number of hydrogen-bond acceptors (Lipinski definition) is 5. The minimum atomic E-state index is -0.966. The van der Waals surface area contributed by atoms with Crippen LogP contribution in [0.3, 0.4) is 0 Å². The molecule has 5 nitrogen and oxygen atoms in total. The lowest BCUT2D eigenvalue weighted by atomic mass is 10.1. The molecule has 5 heteroatoms. The average Bonchev–Trinajstić information content (AvgIpc) is 2.27. The number of ether oxygens (including phenoxy) is 1. The molecule has 1 rings (SSSR count). The van der Waals surface area contributed by atoms with Crippen LogP contribution in [-0.2, 0) is 14.4 Å². The minimum Gasteiger partial charge on any atom is -0.459 e. The van der Waals surface area contributed by atoms with Gasteiger partial charge in [0, 0.05) is 0 Å². The number of carbonyl (C=O) groups excluding carboxylic acids is 1. The first-order valence-corrected chi connectivity index (χ1v) is 4.07. The van der Waals surface area contributed by atoms with Crippen LogP contribution >= 0.6 is 0 Å². The fourth-order valence-electron chi connectivity index (χ4n) is 0.926. The van der Waals surface area contributed by atoms with Crippen molar-refractivity contribution in [1.29, 1.82) is 0 Å². The van der Waals surface area contributed by atoms with Crippen molar-refractivity contribution in [2.45, 2.75) is 32.5 Å². The van der Waals surface area contributed by atoms with Gasteiger partial charge in [-0.05, 0) is 20.8 Å². The van der Waals surface area contributed by atoms with E-state index in [9.17, 15) is 4.79 Å². The van der Waals surface area contributed by atoms with E-state index in [1.165, 1.54) is 6.26 Å². The molecule has 0 aromatic rings. The van der Waals surface area contributed by atoms with Crippen LogP contribution in [0, 0.1) is 0 Å². The number of rotatable bonds is 2. The second-order valence-electron chi connectivity index (χ2n) is 3.41. The number of nitrogens with two attached hydrogens (primary N) is 1. The molecular weight excluding hydrogens is 172 g/mol. The van der Waals surface area contributed by atoms with Crippen molar-refractivity contribution >= 4 is 5.97 Å². The van der Waals surface area contributed by atoms with Crippen molar-refractivity contribution in [1.82, 2.24) is 5.48 Å². The van der Waals surface area contributed by atoms with Crippen molar-refractivity contribution in [2.75, 3.05) is 0 Å². The zero-order valence-electron chi connectivity index (χ0n) is 7.96. The first kappa shape index (κ1) is 10.0. The van der Waals surface area contributed by atoms with E-state index in [1.807, 2.05) is 0 Å². The molecule has 0 unspecified atom stereocenters. The molecule has 0 amide bonds. The molecule has 3 N–H and O–H groups in total. The Labute approximate surface area is 76.8 Å². The molecule has 0 radical (unpaired) electrons. The standard InChI is InChI=1S/C8H14N2O3/c1-5(2)13-7(11)6-4-12-10-8(6,3)9/h4-5,10H,9H2,1-3H3/t8-/m0/s1. The molecule has 0 aromatic heterocycles. The van der Waals surface area contributed by atoms with Crippen LogP contribution in [0.2, 0.25) is 0 Å². The van der Waals surface area contributed by atoms with E-state index in [0.29, 0.717) is 5.57 Å². The highest BCUT2D eigenvalue weighted by Crippen LogP contribution is 2.18. The van der Waals surface area contributed by atoms with E-state index in [-0.39, 0.29) is 6.10 Å². The van der Waals surface area contributed by atoms with Gasteiger partial charge in [-0.2, -0.15) is 0 Å². The number of esters is 1.